The lowest BCUT2D eigenvalue weighted by molar-refractivity contribution is -0.318. The van der Waals surface area contributed by atoms with Crippen LogP contribution in [0, 0.1) is 0 Å². The molecule has 0 unspecified atom stereocenters. The smallest absolute Gasteiger partial charge is 0.229 e. The molecule has 0 amide bonds. The summed E-state index contributed by atoms with van der Waals surface area (Å²) < 4.78 is 33.3. The molecule has 2 fully saturated rings. The molecular formula is C27H30O13. The summed E-state index contributed by atoms with van der Waals surface area (Å²) in [5, 5.41) is 61.0. The molecule has 2 aromatic carbocycles. The van der Waals surface area contributed by atoms with Gasteiger partial charge in [-0.15, -0.1) is 0 Å². The molecule has 13 heteroatoms. The van der Waals surface area contributed by atoms with E-state index in [4.69, 9.17) is 28.1 Å². The maximum atomic E-state index is 13.2. The third-order valence-electron chi connectivity index (χ3n) is 7.09. The average molecular weight is 563 g/mol. The second kappa shape index (κ2) is 11.4. The van der Waals surface area contributed by atoms with Crippen LogP contribution in [0.4, 0.5) is 0 Å². The van der Waals surface area contributed by atoms with Gasteiger partial charge in [0.25, 0.3) is 0 Å². The van der Waals surface area contributed by atoms with E-state index in [1.165, 1.54) is 24.5 Å². The molecule has 0 aliphatic carbocycles. The van der Waals surface area contributed by atoms with Crippen LogP contribution in [0.15, 0.2) is 57.9 Å². The van der Waals surface area contributed by atoms with Crippen molar-refractivity contribution in [3.05, 3.63) is 59.0 Å². The Morgan fingerprint density at radius 2 is 1.73 bits per heavy atom. The molecule has 0 bridgehead atoms. The molecule has 2 aliphatic rings. The zero-order valence-electron chi connectivity index (χ0n) is 21.3. The fourth-order valence-electron chi connectivity index (χ4n) is 4.65. The van der Waals surface area contributed by atoms with E-state index in [0.29, 0.717) is 16.9 Å². The van der Waals surface area contributed by atoms with Crippen molar-refractivity contribution in [3.8, 4) is 22.6 Å². The Morgan fingerprint density at radius 3 is 2.38 bits per heavy atom. The first-order chi connectivity index (χ1) is 19.2. The van der Waals surface area contributed by atoms with Crippen LogP contribution in [0.5, 0.6) is 11.5 Å². The van der Waals surface area contributed by atoms with E-state index in [9.17, 15) is 35.4 Å². The van der Waals surface area contributed by atoms with Crippen LogP contribution in [-0.4, -0.2) is 106 Å². The largest absolute Gasteiger partial charge is 0.497 e. The van der Waals surface area contributed by atoms with Crippen molar-refractivity contribution in [3.63, 3.8) is 0 Å². The Bertz CT molecular complexity index is 1380. The summed E-state index contributed by atoms with van der Waals surface area (Å²) in [7, 11) is 1.54. The number of hydrogen-bond acceptors (Lipinski definition) is 13. The molecule has 40 heavy (non-hydrogen) atoms. The minimum absolute atomic E-state index is 0.131. The number of fused-ring (bicyclic) bond motifs is 1. The van der Waals surface area contributed by atoms with E-state index in [1.54, 1.807) is 31.4 Å². The van der Waals surface area contributed by atoms with Crippen LogP contribution in [0.2, 0.25) is 0 Å². The normalized spacial score (nSPS) is 32.3. The van der Waals surface area contributed by atoms with E-state index < -0.39 is 68.5 Å². The second-order valence-electron chi connectivity index (χ2n) is 9.68. The molecule has 0 radical (unpaired) electrons. The number of aliphatic hydroxyl groups is 6. The molecule has 1 aromatic heterocycles. The van der Waals surface area contributed by atoms with Crippen LogP contribution in [0.25, 0.3) is 22.1 Å². The fraction of sp³-hybridized carbons (Fsp3) is 0.444. The van der Waals surface area contributed by atoms with Gasteiger partial charge in [0.05, 0.1) is 37.9 Å². The van der Waals surface area contributed by atoms with Crippen molar-refractivity contribution >= 4 is 11.0 Å². The van der Waals surface area contributed by atoms with Gasteiger partial charge in [-0.2, -0.15) is 0 Å². The van der Waals surface area contributed by atoms with Crippen molar-refractivity contribution in [2.45, 2.75) is 48.7 Å². The fourth-order valence-corrected chi connectivity index (χ4v) is 4.65. The molecule has 3 heterocycles. The highest BCUT2D eigenvalue weighted by molar-refractivity contribution is 5.82. The van der Waals surface area contributed by atoms with Gasteiger partial charge in [0.1, 0.15) is 53.4 Å². The number of ether oxygens (including phenoxy) is 5. The quantitative estimate of drug-likeness (QED) is 0.198. The Morgan fingerprint density at radius 1 is 1.00 bits per heavy atom. The summed E-state index contributed by atoms with van der Waals surface area (Å²) in [5.41, 5.74) is -1.10. The van der Waals surface area contributed by atoms with E-state index in [0.717, 1.165) is 0 Å². The molecule has 13 nitrogen and oxygen atoms in total. The molecule has 216 valence electrons. The van der Waals surface area contributed by atoms with Crippen LogP contribution in [0.1, 0.15) is 0 Å². The van der Waals surface area contributed by atoms with Crippen molar-refractivity contribution in [1.29, 1.82) is 0 Å². The lowest BCUT2D eigenvalue weighted by Crippen LogP contribution is -2.62. The highest BCUT2D eigenvalue weighted by Crippen LogP contribution is 2.33. The minimum Gasteiger partial charge on any atom is -0.497 e. The van der Waals surface area contributed by atoms with Gasteiger partial charge in [0.2, 0.25) is 6.29 Å². The molecule has 5 rings (SSSR count). The zero-order valence-corrected chi connectivity index (χ0v) is 21.3. The lowest BCUT2D eigenvalue weighted by atomic mass is 9.98. The molecule has 0 saturated carbocycles. The third-order valence-corrected chi connectivity index (χ3v) is 7.09. The molecule has 2 saturated heterocycles. The van der Waals surface area contributed by atoms with Crippen molar-refractivity contribution in [2.24, 2.45) is 0 Å². The number of hydrogen-bond donors (Lipinski definition) is 6. The first kappa shape index (κ1) is 28.4. The highest BCUT2D eigenvalue weighted by Gasteiger charge is 2.53. The summed E-state index contributed by atoms with van der Waals surface area (Å²) in [6, 6.07) is 11.3. The van der Waals surface area contributed by atoms with Crippen molar-refractivity contribution < 1.29 is 58.7 Å². The third kappa shape index (κ3) is 5.19. The van der Waals surface area contributed by atoms with Crippen LogP contribution in [-0.2, 0) is 14.2 Å². The summed E-state index contributed by atoms with van der Waals surface area (Å²) in [6.45, 7) is -1.91. The monoisotopic (exact) mass is 562 g/mol. The van der Waals surface area contributed by atoms with Crippen LogP contribution < -0.4 is 14.9 Å². The summed E-state index contributed by atoms with van der Waals surface area (Å²) in [5.74, 6) is 0.772. The van der Waals surface area contributed by atoms with Crippen LogP contribution in [0.3, 0.4) is 0 Å². The zero-order chi connectivity index (χ0) is 28.6. The van der Waals surface area contributed by atoms with E-state index in [1.807, 2.05) is 0 Å². The van der Waals surface area contributed by atoms with Gasteiger partial charge < -0.3 is 58.7 Å². The van der Waals surface area contributed by atoms with Crippen molar-refractivity contribution in [1.82, 2.24) is 0 Å². The molecule has 0 spiro atoms. The molecule has 6 N–H and O–H groups in total. The van der Waals surface area contributed by atoms with Crippen LogP contribution >= 0.6 is 0 Å². The molecule has 3 aromatic rings. The Hall–Kier alpha value is -3.11. The van der Waals surface area contributed by atoms with Gasteiger partial charge in [-0.1, -0.05) is 12.1 Å². The van der Waals surface area contributed by atoms with Gasteiger partial charge in [-0.05, 0) is 29.8 Å². The maximum absolute atomic E-state index is 13.2. The maximum Gasteiger partial charge on any atom is 0.229 e. The number of benzene rings is 2. The SMILES string of the molecule is COc1ccc(-c2coc3cc(O[C@H]4O[C@H](CO)[C@@H](O)[C@H](O)[C@H]4O[C@@H]4OC[C@@](O)(CO)[C@H]4O)ccc3c2=O)cc1. The van der Waals surface area contributed by atoms with Gasteiger partial charge in [-0.25, -0.2) is 0 Å². The number of aliphatic hydroxyl groups excluding tert-OH is 5. The van der Waals surface area contributed by atoms with Gasteiger partial charge in [0.15, 0.2) is 17.8 Å². The average Bonchev–Trinajstić information content (AvgIpc) is 3.26. The Labute approximate surface area is 227 Å². The topological polar surface area (TPSA) is 198 Å². The van der Waals surface area contributed by atoms with Gasteiger partial charge in [-0.3, -0.25) is 4.79 Å². The van der Waals surface area contributed by atoms with E-state index in [-0.39, 0.29) is 22.1 Å². The van der Waals surface area contributed by atoms with Gasteiger partial charge in [0, 0.05) is 6.07 Å². The molecular weight excluding hydrogens is 532 g/mol. The predicted octanol–water partition coefficient (Wildman–Crippen LogP) is -0.888. The number of rotatable bonds is 8. The van der Waals surface area contributed by atoms with E-state index >= 15 is 0 Å². The first-order valence-corrected chi connectivity index (χ1v) is 12.5. The highest BCUT2D eigenvalue weighted by atomic mass is 16.8. The second-order valence-corrected chi connectivity index (χ2v) is 9.68. The summed E-state index contributed by atoms with van der Waals surface area (Å²) >= 11 is 0. The Balaban J connectivity index is 1.40. The lowest BCUT2D eigenvalue weighted by Gasteiger charge is -2.42. The summed E-state index contributed by atoms with van der Waals surface area (Å²) in [4.78, 5) is 13.2. The Kier molecular flexibility index (Phi) is 8.10. The minimum atomic E-state index is -1.99. The number of methoxy groups -OCH3 is 1. The predicted molar refractivity (Wildman–Crippen MR) is 136 cm³/mol. The van der Waals surface area contributed by atoms with E-state index in [2.05, 4.69) is 0 Å². The summed E-state index contributed by atoms with van der Waals surface area (Å²) in [6.07, 6.45) is -9.29. The molecule has 8 atom stereocenters. The standard InChI is InChI=1S/C27H30O13/c1-35-14-4-2-13(3-5-14)17-10-36-18-8-15(6-7-16(18)20(17)30)38-25-23(22(32)21(31)19(9-28)39-25)40-26-24(33)27(34,11-29)12-37-26/h2-8,10,19,21-26,28-29,31-34H,9,11-12H2,1H3/t19-,21-,22+,23-,24+,25+,26+,27+/m1/s1. The first-order valence-electron chi connectivity index (χ1n) is 12.5. The van der Waals surface area contributed by atoms with Gasteiger partial charge >= 0.3 is 0 Å². The van der Waals surface area contributed by atoms with Crippen molar-refractivity contribution in [2.75, 3.05) is 26.9 Å². The molecule has 2 aliphatic heterocycles.